The lowest BCUT2D eigenvalue weighted by Crippen LogP contribution is -2.35. The normalized spacial score (nSPS) is 14.8. The number of nitrogens with zero attached hydrogens (tertiary/aromatic N) is 1. The minimum absolute atomic E-state index is 0.0244. The van der Waals surface area contributed by atoms with Crippen LogP contribution in [0.25, 0.3) is 0 Å². The molecule has 1 atom stereocenters. The van der Waals surface area contributed by atoms with Gasteiger partial charge < -0.3 is 0 Å². The van der Waals surface area contributed by atoms with Gasteiger partial charge in [-0.15, -0.1) is 0 Å². The Bertz CT molecular complexity index is 527. The van der Waals surface area contributed by atoms with Crippen molar-refractivity contribution in [2.24, 2.45) is 0 Å². The van der Waals surface area contributed by atoms with Gasteiger partial charge in [0.15, 0.2) is 8.68 Å². The van der Waals surface area contributed by atoms with Crippen LogP contribution < -0.4 is 4.72 Å². The Morgan fingerprint density at radius 3 is 2.44 bits per heavy atom. The second kappa shape index (κ2) is 5.32. The van der Waals surface area contributed by atoms with Crippen molar-refractivity contribution in [3.8, 4) is 0 Å². The van der Waals surface area contributed by atoms with Gasteiger partial charge in [-0.3, -0.25) is 0 Å². The highest BCUT2D eigenvalue weighted by molar-refractivity contribution is 7.91. The zero-order chi connectivity index (χ0) is 14.1. The molecule has 1 rings (SSSR count). The fourth-order valence-corrected chi connectivity index (χ4v) is 4.31. The molecule has 0 bridgehead atoms. The molecule has 0 aliphatic carbocycles. The van der Waals surface area contributed by atoms with Gasteiger partial charge in [0.05, 0.1) is 12.1 Å². The summed E-state index contributed by atoms with van der Waals surface area (Å²) in [5.74, 6) is 0. The average Bonchev–Trinajstić information content (AvgIpc) is 2.40. The van der Waals surface area contributed by atoms with E-state index in [1.165, 1.54) is 6.92 Å². The Hall–Kier alpha value is -0.380. The number of aromatic nitrogens is 1. The Kier molecular flexibility index (Phi) is 4.63. The fraction of sp³-hybridized carbons (Fsp3) is 0.625. The monoisotopic (exact) mass is 322 g/mol. The molecule has 0 saturated heterocycles. The highest BCUT2D eigenvalue weighted by Crippen LogP contribution is 2.28. The maximum absolute atomic E-state index is 12.1. The number of rotatable bonds is 4. The van der Waals surface area contributed by atoms with E-state index in [4.69, 9.17) is 11.6 Å². The van der Waals surface area contributed by atoms with Gasteiger partial charge in [-0.1, -0.05) is 22.9 Å². The lowest BCUT2D eigenvalue weighted by Gasteiger charge is -2.15. The van der Waals surface area contributed by atoms with E-state index in [9.17, 15) is 21.6 Å². The number of thiazole rings is 1. The molecular weight excluding hydrogens is 313 g/mol. The largest absolute Gasteiger partial charge is 0.390 e. The fourth-order valence-electron chi connectivity index (χ4n) is 1.31. The van der Waals surface area contributed by atoms with E-state index in [0.29, 0.717) is 11.3 Å². The number of hydrogen-bond donors (Lipinski definition) is 1. The van der Waals surface area contributed by atoms with Crippen molar-refractivity contribution in [2.45, 2.75) is 36.7 Å². The third-order valence-electron chi connectivity index (χ3n) is 1.87. The highest BCUT2D eigenvalue weighted by Gasteiger charge is 2.32. The van der Waals surface area contributed by atoms with E-state index in [0.717, 1.165) is 6.92 Å². The van der Waals surface area contributed by atoms with Crippen LogP contribution in [0.5, 0.6) is 0 Å². The molecule has 0 fully saturated rings. The van der Waals surface area contributed by atoms with Crippen LogP contribution in [0.1, 0.15) is 19.0 Å². The summed E-state index contributed by atoms with van der Waals surface area (Å²) in [5.41, 5.74) is 0.164. The van der Waals surface area contributed by atoms with Gasteiger partial charge >= 0.3 is 6.18 Å². The summed E-state index contributed by atoms with van der Waals surface area (Å²) >= 11 is 6.25. The molecule has 1 aromatic rings. The van der Waals surface area contributed by atoms with Gasteiger partial charge in [0.25, 0.3) is 10.0 Å². The van der Waals surface area contributed by atoms with Gasteiger partial charge in [0.2, 0.25) is 0 Å². The molecule has 4 nitrogen and oxygen atoms in total. The van der Waals surface area contributed by atoms with Crippen molar-refractivity contribution in [3.05, 3.63) is 10.2 Å². The highest BCUT2D eigenvalue weighted by atomic mass is 35.5. The van der Waals surface area contributed by atoms with E-state index in [1.54, 1.807) is 0 Å². The lowest BCUT2D eigenvalue weighted by molar-refractivity contribution is -0.137. The molecule has 1 heterocycles. The minimum atomic E-state index is -4.43. The van der Waals surface area contributed by atoms with Crippen LogP contribution in [0.4, 0.5) is 13.2 Å². The Balaban J connectivity index is 2.86. The molecule has 1 unspecified atom stereocenters. The van der Waals surface area contributed by atoms with E-state index in [-0.39, 0.29) is 14.4 Å². The van der Waals surface area contributed by atoms with Crippen molar-refractivity contribution < 1.29 is 21.6 Å². The van der Waals surface area contributed by atoms with E-state index in [1.807, 2.05) is 4.72 Å². The smallest absolute Gasteiger partial charge is 0.229 e. The lowest BCUT2D eigenvalue weighted by atomic mass is 10.2. The zero-order valence-electron chi connectivity index (χ0n) is 9.38. The first-order chi connectivity index (χ1) is 8.01. The van der Waals surface area contributed by atoms with Crippen LogP contribution >= 0.6 is 22.9 Å². The molecule has 0 radical (unpaired) electrons. The molecule has 0 amide bonds. The molecule has 0 saturated carbocycles. The van der Waals surface area contributed by atoms with Crippen molar-refractivity contribution in [1.82, 2.24) is 9.71 Å². The second-order valence-electron chi connectivity index (χ2n) is 3.68. The molecule has 18 heavy (non-hydrogen) atoms. The third-order valence-corrected chi connectivity index (χ3v) is 5.33. The molecule has 104 valence electrons. The summed E-state index contributed by atoms with van der Waals surface area (Å²) in [6.45, 7) is 2.56. The van der Waals surface area contributed by atoms with E-state index in [2.05, 4.69) is 4.98 Å². The number of halogens is 4. The van der Waals surface area contributed by atoms with Gasteiger partial charge in [-0.25, -0.2) is 18.1 Å². The molecule has 1 aromatic heterocycles. The van der Waals surface area contributed by atoms with Crippen LogP contribution in [0.2, 0.25) is 4.47 Å². The summed E-state index contributed by atoms with van der Waals surface area (Å²) in [6.07, 6.45) is -5.67. The molecule has 0 spiro atoms. The number of sulfonamides is 1. The molecule has 0 aliphatic heterocycles. The van der Waals surface area contributed by atoms with Crippen LogP contribution in [0, 0.1) is 6.92 Å². The Labute approximate surface area is 111 Å². The van der Waals surface area contributed by atoms with E-state index >= 15 is 0 Å². The summed E-state index contributed by atoms with van der Waals surface area (Å²) in [7, 11) is -4.02. The summed E-state index contributed by atoms with van der Waals surface area (Å²) in [5, 5.41) is 0. The van der Waals surface area contributed by atoms with Gasteiger partial charge in [0, 0.05) is 6.04 Å². The standard InChI is InChI=1S/C8H10ClF3N2O2S2/c1-4(3-8(10,11)12)14-18(15,16)6-5(2)13-7(9)17-6/h4,14H,3H2,1-2H3. The molecule has 0 aromatic carbocycles. The van der Waals surface area contributed by atoms with Crippen LogP contribution in [-0.2, 0) is 10.0 Å². The number of alkyl halides is 3. The van der Waals surface area contributed by atoms with Crippen LogP contribution in [0.3, 0.4) is 0 Å². The molecule has 0 aliphatic rings. The SMILES string of the molecule is Cc1nc(Cl)sc1S(=O)(=O)NC(C)CC(F)(F)F. The second-order valence-corrected chi connectivity index (χ2v) is 7.17. The average molecular weight is 323 g/mol. The van der Waals surface area contributed by atoms with Crippen LogP contribution in [0.15, 0.2) is 4.21 Å². The first-order valence-electron chi connectivity index (χ1n) is 4.73. The van der Waals surface area contributed by atoms with E-state index < -0.39 is 28.7 Å². The van der Waals surface area contributed by atoms with Crippen molar-refractivity contribution >= 4 is 33.0 Å². The maximum atomic E-state index is 12.1. The zero-order valence-corrected chi connectivity index (χ0v) is 11.8. The first-order valence-corrected chi connectivity index (χ1v) is 7.41. The number of nitrogens with one attached hydrogen (secondary N) is 1. The van der Waals surface area contributed by atoms with Gasteiger partial charge in [0.1, 0.15) is 0 Å². The molecule has 10 heteroatoms. The molecule has 1 N–H and O–H groups in total. The summed E-state index contributed by atoms with van der Waals surface area (Å²) < 4.78 is 61.7. The van der Waals surface area contributed by atoms with Crippen LogP contribution in [-0.4, -0.2) is 25.6 Å². The van der Waals surface area contributed by atoms with Crippen molar-refractivity contribution in [3.63, 3.8) is 0 Å². The van der Waals surface area contributed by atoms with Gasteiger partial charge in [-0.05, 0) is 13.8 Å². The maximum Gasteiger partial charge on any atom is 0.390 e. The predicted octanol–water partition coefficient (Wildman–Crippen LogP) is 2.72. The van der Waals surface area contributed by atoms with Crippen molar-refractivity contribution in [1.29, 1.82) is 0 Å². The minimum Gasteiger partial charge on any atom is -0.229 e. The number of hydrogen-bond acceptors (Lipinski definition) is 4. The topological polar surface area (TPSA) is 59.1 Å². The Morgan fingerprint density at radius 1 is 1.50 bits per heavy atom. The summed E-state index contributed by atoms with van der Waals surface area (Å²) in [6, 6.07) is -1.25. The number of aryl methyl sites for hydroxylation is 1. The summed E-state index contributed by atoms with van der Waals surface area (Å²) in [4.78, 5) is 3.70. The van der Waals surface area contributed by atoms with Gasteiger partial charge in [-0.2, -0.15) is 13.2 Å². The first kappa shape index (κ1) is 15.7. The molecular formula is C8H10ClF3N2O2S2. The quantitative estimate of drug-likeness (QED) is 0.927. The predicted molar refractivity (Wildman–Crippen MR) is 62.3 cm³/mol. The Morgan fingerprint density at radius 2 is 2.06 bits per heavy atom. The van der Waals surface area contributed by atoms with Crippen molar-refractivity contribution in [2.75, 3.05) is 0 Å². The third kappa shape index (κ3) is 4.38.